The van der Waals surface area contributed by atoms with Gasteiger partial charge in [0.05, 0.1) is 5.92 Å². The van der Waals surface area contributed by atoms with Gasteiger partial charge in [-0.05, 0) is 35.6 Å². The number of ether oxygens (including phenoxy) is 3. The van der Waals surface area contributed by atoms with Crippen LogP contribution in [0.15, 0.2) is 66.7 Å². The van der Waals surface area contributed by atoms with Crippen molar-refractivity contribution in [1.82, 2.24) is 0 Å². The summed E-state index contributed by atoms with van der Waals surface area (Å²) >= 11 is 16.7. The van der Waals surface area contributed by atoms with E-state index in [2.05, 4.69) is 0 Å². The summed E-state index contributed by atoms with van der Waals surface area (Å²) in [5, 5.41) is 9.63. The van der Waals surface area contributed by atoms with Gasteiger partial charge >= 0.3 is 11.9 Å². The summed E-state index contributed by atoms with van der Waals surface area (Å²) in [4.78, 5) is 24.7. The number of allylic oxidation sites excluding steroid dienone is 1. The zero-order valence-corrected chi connectivity index (χ0v) is 20.7. The van der Waals surface area contributed by atoms with Crippen molar-refractivity contribution in [2.45, 2.75) is 23.7 Å². The molecule has 6 nitrogen and oxygen atoms in total. The Balaban J connectivity index is 1.63. The Kier molecular flexibility index (Phi) is 8.14. The number of hydrogen-bond acceptors (Lipinski definition) is 6. The number of nitrogens with zero attached hydrogens (tertiary/aromatic N) is 1. The Hall–Kier alpha value is -2.72. The number of benzene rings is 2. The zero-order valence-electron chi connectivity index (χ0n) is 18.4. The molecule has 0 N–H and O–H groups in total. The summed E-state index contributed by atoms with van der Waals surface area (Å²) in [5.74, 6) is -0.856. The average Bonchev–Trinajstić information content (AvgIpc) is 3.35. The summed E-state index contributed by atoms with van der Waals surface area (Å²) in [6.45, 7) is 3.35. The molecule has 2 aromatic carbocycles. The first-order valence-corrected chi connectivity index (χ1v) is 11.5. The molecule has 9 heteroatoms. The first kappa shape index (κ1) is 25.9. The van der Waals surface area contributed by atoms with Crippen LogP contribution in [0.2, 0.25) is 0 Å². The smallest absolute Gasteiger partial charge is 0.330 e. The molecule has 0 saturated heterocycles. The normalized spacial score (nSPS) is 19.6. The SMILES string of the molecule is CC1(C)[C@H](C(=O)O[C@H](C#N)c2cccc(Oc3ccccc3)c2)[C@@H]1C=CC(=O)OCC(Cl)(Cl)Cl. The number of carbonyl (C=O) groups excluding carboxylic acids is 2. The minimum absolute atomic E-state index is 0.271. The number of nitriles is 1. The van der Waals surface area contributed by atoms with Crippen LogP contribution in [-0.2, 0) is 19.1 Å². The molecule has 178 valence electrons. The topological polar surface area (TPSA) is 85.6 Å². The molecule has 3 rings (SSSR count). The molecule has 0 aromatic heterocycles. The van der Waals surface area contributed by atoms with E-state index in [-0.39, 0.29) is 5.92 Å². The van der Waals surface area contributed by atoms with E-state index in [4.69, 9.17) is 49.0 Å². The maximum atomic E-state index is 12.8. The van der Waals surface area contributed by atoms with E-state index in [0.29, 0.717) is 17.1 Å². The monoisotopic (exact) mass is 521 g/mol. The van der Waals surface area contributed by atoms with Crippen LogP contribution in [0.3, 0.4) is 0 Å². The highest BCUT2D eigenvalue weighted by Gasteiger charge is 2.61. The van der Waals surface area contributed by atoms with Crippen molar-refractivity contribution in [1.29, 1.82) is 5.26 Å². The predicted octanol–water partition coefficient (Wildman–Crippen LogP) is 6.33. The maximum Gasteiger partial charge on any atom is 0.330 e. The summed E-state index contributed by atoms with van der Waals surface area (Å²) in [7, 11) is 0. The van der Waals surface area contributed by atoms with Gasteiger partial charge in [0.15, 0.2) is 0 Å². The average molecular weight is 523 g/mol. The number of esters is 2. The van der Waals surface area contributed by atoms with Crippen molar-refractivity contribution >= 4 is 46.7 Å². The summed E-state index contributed by atoms with van der Waals surface area (Å²) < 4.78 is 14.5. The van der Waals surface area contributed by atoms with Gasteiger partial charge in [-0.15, -0.1) is 0 Å². The van der Waals surface area contributed by atoms with Crippen molar-refractivity contribution in [3.8, 4) is 17.6 Å². The molecular weight excluding hydrogens is 501 g/mol. The second-order valence-electron chi connectivity index (χ2n) is 8.34. The van der Waals surface area contributed by atoms with Gasteiger partial charge in [-0.2, -0.15) is 5.26 Å². The van der Waals surface area contributed by atoms with E-state index in [9.17, 15) is 14.9 Å². The molecule has 1 fully saturated rings. The molecule has 0 bridgehead atoms. The van der Waals surface area contributed by atoms with Crippen molar-refractivity contribution in [3.05, 3.63) is 72.3 Å². The zero-order chi connectivity index (χ0) is 24.9. The molecule has 0 radical (unpaired) electrons. The van der Waals surface area contributed by atoms with Gasteiger partial charge in [0.1, 0.15) is 24.2 Å². The maximum absolute atomic E-state index is 12.8. The van der Waals surface area contributed by atoms with Gasteiger partial charge in [-0.25, -0.2) is 4.79 Å². The Morgan fingerprint density at radius 1 is 1.12 bits per heavy atom. The highest BCUT2D eigenvalue weighted by molar-refractivity contribution is 6.67. The van der Waals surface area contributed by atoms with E-state index in [1.54, 1.807) is 30.3 Å². The van der Waals surface area contributed by atoms with E-state index in [1.165, 1.54) is 6.08 Å². The number of hydrogen-bond donors (Lipinski definition) is 0. The molecule has 1 aliphatic carbocycles. The number of alkyl halides is 3. The lowest BCUT2D eigenvalue weighted by Gasteiger charge is -2.13. The fourth-order valence-corrected chi connectivity index (χ4v) is 3.76. The largest absolute Gasteiger partial charge is 0.458 e. The Morgan fingerprint density at radius 3 is 2.44 bits per heavy atom. The Labute approximate surface area is 213 Å². The van der Waals surface area contributed by atoms with Crippen molar-refractivity contribution in [2.75, 3.05) is 6.61 Å². The fourth-order valence-electron chi connectivity index (χ4n) is 3.59. The van der Waals surface area contributed by atoms with Gasteiger partial charge in [-0.3, -0.25) is 4.79 Å². The molecule has 1 saturated carbocycles. The Morgan fingerprint density at radius 2 is 1.79 bits per heavy atom. The van der Waals surface area contributed by atoms with Crippen LogP contribution in [0.4, 0.5) is 0 Å². The highest BCUT2D eigenvalue weighted by atomic mass is 35.6. The van der Waals surface area contributed by atoms with Gasteiger partial charge in [0.25, 0.3) is 0 Å². The molecule has 1 aliphatic rings. The molecule has 0 unspecified atom stereocenters. The van der Waals surface area contributed by atoms with Crippen LogP contribution in [0, 0.1) is 28.6 Å². The first-order valence-electron chi connectivity index (χ1n) is 10.4. The van der Waals surface area contributed by atoms with Crippen LogP contribution in [-0.4, -0.2) is 22.3 Å². The number of carbonyl (C=O) groups is 2. The molecule has 0 spiro atoms. The van der Waals surface area contributed by atoms with E-state index < -0.39 is 39.8 Å². The van der Waals surface area contributed by atoms with E-state index >= 15 is 0 Å². The van der Waals surface area contributed by atoms with E-state index in [0.717, 1.165) is 0 Å². The second kappa shape index (κ2) is 10.7. The molecule has 3 atom stereocenters. The molecule has 0 amide bonds. The fraction of sp³-hybridized carbons (Fsp3) is 0.320. The Bertz CT molecular complexity index is 1110. The molecular formula is C25H22Cl3NO5. The summed E-state index contributed by atoms with van der Waals surface area (Å²) in [5.41, 5.74) is 0.0339. The van der Waals surface area contributed by atoms with Crippen LogP contribution < -0.4 is 4.74 Å². The van der Waals surface area contributed by atoms with Crippen LogP contribution in [0.5, 0.6) is 11.5 Å². The highest BCUT2D eigenvalue weighted by Crippen LogP contribution is 2.59. The van der Waals surface area contributed by atoms with E-state index in [1.807, 2.05) is 50.2 Å². The molecule has 0 aliphatic heterocycles. The lowest BCUT2D eigenvalue weighted by atomic mass is 10.1. The van der Waals surface area contributed by atoms with Crippen molar-refractivity contribution in [3.63, 3.8) is 0 Å². The van der Waals surface area contributed by atoms with Crippen molar-refractivity contribution in [2.24, 2.45) is 17.3 Å². The number of para-hydroxylation sites is 1. The third-order valence-corrected chi connectivity index (χ3v) is 5.80. The lowest BCUT2D eigenvalue weighted by molar-refractivity contribution is -0.149. The molecule has 2 aromatic rings. The summed E-state index contributed by atoms with van der Waals surface area (Å²) in [6.07, 6.45) is 1.66. The van der Waals surface area contributed by atoms with Crippen molar-refractivity contribution < 1.29 is 23.8 Å². The van der Waals surface area contributed by atoms with Gasteiger partial charge in [0, 0.05) is 11.6 Å². The van der Waals surface area contributed by atoms with Crippen LogP contribution in [0.1, 0.15) is 25.5 Å². The minimum Gasteiger partial charge on any atom is -0.458 e. The molecule has 34 heavy (non-hydrogen) atoms. The number of rotatable bonds is 8. The van der Waals surface area contributed by atoms with Gasteiger partial charge < -0.3 is 14.2 Å². The minimum atomic E-state index is -1.70. The lowest BCUT2D eigenvalue weighted by Crippen LogP contribution is -2.16. The predicted molar refractivity (Wildman–Crippen MR) is 129 cm³/mol. The van der Waals surface area contributed by atoms with Crippen LogP contribution >= 0.6 is 34.8 Å². The third kappa shape index (κ3) is 6.89. The summed E-state index contributed by atoms with van der Waals surface area (Å²) in [6, 6.07) is 18.0. The first-order chi connectivity index (χ1) is 16.0. The third-order valence-electron chi connectivity index (χ3n) is 5.47. The van der Waals surface area contributed by atoms with Crippen LogP contribution in [0.25, 0.3) is 0 Å². The standard InChI is InChI=1S/C25H22Cl3NO5/c1-24(2)19(11-12-21(30)32-15-25(26,27)28)22(24)23(31)34-20(14-29)16-7-6-10-18(13-16)33-17-8-4-3-5-9-17/h3-13,19-20,22H,15H2,1-2H3/t19-,20+,22-/m0/s1. The van der Waals surface area contributed by atoms with Gasteiger partial charge in [-0.1, -0.05) is 85.1 Å². The molecule has 0 heterocycles. The quantitative estimate of drug-likeness (QED) is 0.229. The second-order valence-corrected chi connectivity index (χ2v) is 10.9. The van der Waals surface area contributed by atoms with Gasteiger partial charge in [0.2, 0.25) is 9.90 Å². The number of halogens is 3.